The Morgan fingerprint density at radius 3 is 2.24 bits per heavy atom. The first-order valence-corrected chi connectivity index (χ1v) is 16.5. The molecule has 1 amide bonds. The van der Waals surface area contributed by atoms with Gasteiger partial charge in [0.2, 0.25) is 15.9 Å². The van der Waals surface area contributed by atoms with Gasteiger partial charge < -0.3 is 15.7 Å². The second-order valence-corrected chi connectivity index (χ2v) is 12.9. The molecule has 11 nitrogen and oxygen atoms in total. The van der Waals surface area contributed by atoms with Gasteiger partial charge in [0.15, 0.2) is 0 Å². The Morgan fingerprint density at radius 2 is 1.61 bits per heavy atom. The number of aliphatic hydroxyl groups excluding tert-OH is 1. The fourth-order valence-electron chi connectivity index (χ4n) is 5.21. The van der Waals surface area contributed by atoms with Crippen LogP contribution in [0.3, 0.4) is 0 Å². The SMILES string of the molecule is CC(O)CNC[C@@H](CCc1c(F)cncc1NC(=O)[C@@H](N=[N+]=[N-])[C@@H](c1ccc(F)cc1)c1cc(F)cc(F)c1)NS(=O)(=O)c1ccccc1. The molecule has 3 aromatic carbocycles. The van der Waals surface area contributed by atoms with Gasteiger partial charge in [0.05, 0.1) is 29.1 Å². The Kier molecular flexibility index (Phi) is 12.8. The van der Waals surface area contributed by atoms with Crippen molar-refractivity contribution in [3.05, 3.63) is 136 Å². The number of anilines is 1. The first kappa shape index (κ1) is 37.0. The van der Waals surface area contributed by atoms with Gasteiger partial charge in [-0.05, 0) is 72.8 Å². The first-order valence-electron chi connectivity index (χ1n) is 15.0. The van der Waals surface area contributed by atoms with Crippen molar-refractivity contribution >= 4 is 21.6 Å². The van der Waals surface area contributed by atoms with Gasteiger partial charge in [-0.25, -0.2) is 30.7 Å². The van der Waals surface area contributed by atoms with Gasteiger partial charge in [-0.2, -0.15) is 0 Å². The number of rotatable bonds is 16. The molecule has 49 heavy (non-hydrogen) atoms. The summed E-state index contributed by atoms with van der Waals surface area (Å²) in [6.07, 6.45) is 1.22. The van der Waals surface area contributed by atoms with Crippen molar-refractivity contribution in [2.75, 3.05) is 18.4 Å². The Labute approximate surface area is 280 Å². The second-order valence-electron chi connectivity index (χ2n) is 11.2. The van der Waals surface area contributed by atoms with Crippen LogP contribution in [0.1, 0.15) is 36.0 Å². The lowest BCUT2D eigenvalue weighted by Gasteiger charge is -2.25. The van der Waals surface area contributed by atoms with E-state index in [0.717, 1.165) is 36.7 Å². The van der Waals surface area contributed by atoms with E-state index >= 15 is 4.39 Å². The van der Waals surface area contributed by atoms with Crippen molar-refractivity contribution in [1.29, 1.82) is 0 Å². The second kappa shape index (κ2) is 17.0. The summed E-state index contributed by atoms with van der Waals surface area (Å²) in [6.45, 7) is 1.76. The third kappa shape index (κ3) is 10.3. The summed E-state index contributed by atoms with van der Waals surface area (Å²) < 4.78 is 86.5. The van der Waals surface area contributed by atoms with E-state index in [2.05, 4.69) is 30.4 Å². The smallest absolute Gasteiger partial charge is 0.240 e. The largest absolute Gasteiger partial charge is 0.392 e. The highest BCUT2D eigenvalue weighted by molar-refractivity contribution is 7.89. The van der Waals surface area contributed by atoms with Crippen LogP contribution in [0, 0.1) is 23.3 Å². The average molecular weight is 700 g/mol. The van der Waals surface area contributed by atoms with Crippen molar-refractivity contribution in [2.45, 2.75) is 48.8 Å². The zero-order valence-electron chi connectivity index (χ0n) is 26.1. The number of azide groups is 1. The van der Waals surface area contributed by atoms with Gasteiger partial charge in [-0.15, -0.1) is 0 Å². The normalized spacial score (nSPS) is 13.9. The van der Waals surface area contributed by atoms with Crippen LogP contribution in [0.4, 0.5) is 23.2 Å². The highest BCUT2D eigenvalue weighted by Gasteiger charge is 2.32. The predicted octanol–water partition coefficient (Wildman–Crippen LogP) is 5.34. The summed E-state index contributed by atoms with van der Waals surface area (Å²) in [5.41, 5.74) is 9.30. The molecule has 0 spiro atoms. The highest BCUT2D eigenvalue weighted by Crippen LogP contribution is 2.33. The number of halogens is 4. The van der Waals surface area contributed by atoms with Crippen molar-refractivity contribution in [3.63, 3.8) is 0 Å². The standard InChI is InChI=1S/C33H33F4N7O4S/c1-20(45)16-39-17-26(43-49(47,48)27-5-3-2-4-6-27)11-12-28-29(37)18-40-19-30(28)41-33(46)32(42-44-38)31(21-7-9-23(34)10-8-21)22-13-24(35)15-25(36)14-22/h2-10,13-15,18-20,26,31-32,39,43,45H,11-12,16-17H2,1H3,(H,41,46)/t20?,26-,31+,32+/m1/s1. The molecule has 1 heterocycles. The molecule has 0 saturated heterocycles. The molecule has 1 aromatic heterocycles. The Balaban J connectivity index is 1.63. The number of amides is 1. The van der Waals surface area contributed by atoms with E-state index in [1.807, 2.05) is 0 Å². The molecular weight excluding hydrogens is 666 g/mol. The van der Waals surface area contributed by atoms with Crippen molar-refractivity contribution in [2.24, 2.45) is 5.11 Å². The Morgan fingerprint density at radius 1 is 0.939 bits per heavy atom. The molecule has 4 atom stereocenters. The minimum atomic E-state index is -3.99. The van der Waals surface area contributed by atoms with Crippen LogP contribution in [-0.2, 0) is 21.2 Å². The van der Waals surface area contributed by atoms with Gasteiger partial charge in [0, 0.05) is 41.6 Å². The fraction of sp³-hybridized carbons (Fsp3) is 0.273. The summed E-state index contributed by atoms with van der Waals surface area (Å²) in [6, 6.07) is 12.3. The number of carbonyl (C=O) groups is 1. The van der Waals surface area contributed by atoms with Gasteiger partial charge >= 0.3 is 0 Å². The van der Waals surface area contributed by atoms with E-state index in [9.17, 15) is 37.0 Å². The fourth-order valence-corrected chi connectivity index (χ4v) is 6.50. The lowest BCUT2D eigenvalue weighted by molar-refractivity contribution is -0.117. The number of aromatic nitrogens is 1. The van der Waals surface area contributed by atoms with Crippen LogP contribution >= 0.6 is 0 Å². The number of benzene rings is 3. The molecule has 0 fully saturated rings. The summed E-state index contributed by atoms with van der Waals surface area (Å²) >= 11 is 0. The van der Waals surface area contributed by atoms with Crippen molar-refractivity contribution < 1.29 is 35.9 Å². The van der Waals surface area contributed by atoms with E-state index in [1.54, 1.807) is 25.1 Å². The Hall–Kier alpha value is -4.86. The lowest BCUT2D eigenvalue weighted by atomic mass is 9.84. The van der Waals surface area contributed by atoms with E-state index in [4.69, 9.17) is 0 Å². The average Bonchev–Trinajstić information content (AvgIpc) is 3.04. The quantitative estimate of drug-likeness (QED) is 0.0533. The number of sulfonamides is 1. The zero-order chi connectivity index (χ0) is 35.6. The number of nitrogens with one attached hydrogen (secondary N) is 3. The molecule has 0 radical (unpaired) electrons. The minimum absolute atomic E-state index is 0.0107. The monoisotopic (exact) mass is 699 g/mol. The van der Waals surface area contributed by atoms with Gasteiger partial charge in [-0.1, -0.05) is 35.4 Å². The van der Waals surface area contributed by atoms with E-state index < -0.39 is 63.3 Å². The summed E-state index contributed by atoms with van der Waals surface area (Å²) in [4.78, 5) is 20.3. The maximum absolute atomic E-state index is 15.3. The summed E-state index contributed by atoms with van der Waals surface area (Å²) in [5, 5.41) is 18.7. The van der Waals surface area contributed by atoms with Gasteiger partial charge in [0.25, 0.3) is 0 Å². The van der Waals surface area contributed by atoms with Crippen LogP contribution in [0.25, 0.3) is 10.4 Å². The number of carbonyl (C=O) groups excluding carboxylic acids is 1. The summed E-state index contributed by atoms with van der Waals surface area (Å²) in [7, 11) is -3.99. The number of hydrogen-bond acceptors (Lipinski definition) is 7. The van der Waals surface area contributed by atoms with E-state index in [-0.39, 0.29) is 53.2 Å². The number of nitrogens with zero attached hydrogens (tertiary/aromatic N) is 4. The maximum Gasteiger partial charge on any atom is 0.240 e. The minimum Gasteiger partial charge on any atom is -0.392 e. The van der Waals surface area contributed by atoms with E-state index in [0.29, 0.717) is 6.07 Å². The topological polar surface area (TPSA) is 169 Å². The summed E-state index contributed by atoms with van der Waals surface area (Å²) in [5.74, 6) is -5.70. The third-order valence-electron chi connectivity index (χ3n) is 7.44. The van der Waals surface area contributed by atoms with Crippen LogP contribution in [0.2, 0.25) is 0 Å². The van der Waals surface area contributed by atoms with Gasteiger partial charge in [-0.3, -0.25) is 9.78 Å². The van der Waals surface area contributed by atoms with Crippen molar-refractivity contribution in [1.82, 2.24) is 15.0 Å². The van der Waals surface area contributed by atoms with Gasteiger partial charge in [0.1, 0.15) is 29.3 Å². The molecule has 4 N–H and O–H groups in total. The molecule has 0 aliphatic heterocycles. The van der Waals surface area contributed by atoms with Crippen LogP contribution in [-0.4, -0.2) is 55.7 Å². The molecule has 16 heteroatoms. The number of pyridine rings is 1. The number of hydrogen-bond donors (Lipinski definition) is 4. The molecule has 4 aromatic rings. The molecule has 0 aliphatic carbocycles. The highest BCUT2D eigenvalue weighted by atomic mass is 32.2. The lowest BCUT2D eigenvalue weighted by Crippen LogP contribution is -2.43. The van der Waals surface area contributed by atoms with Crippen LogP contribution in [0.5, 0.6) is 0 Å². The Bertz CT molecular complexity index is 1870. The van der Waals surface area contributed by atoms with Crippen LogP contribution in [0.15, 0.2) is 95.2 Å². The van der Waals surface area contributed by atoms with Crippen LogP contribution < -0.4 is 15.4 Å². The molecular formula is C33H33F4N7O4S. The third-order valence-corrected chi connectivity index (χ3v) is 8.98. The molecule has 4 rings (SSSR count). The predicted molar refractivity (Wildman–Crippen MR) is 174 cm³/mol. The molecule has 0 saturated carbocycles. The van der Waals surface area contributed by atoms with E-state index in [1.165, 1.54) is 24.3 Å². The maximum atomic E-state index is 15.3. The number of aliphatic hydroxyl groups is 1. The zero-order valence-corrected chi connectivity index (χ0v) is 26.9. The molecule has 258 valence electrons. The molecule has 1 unspecified atom stereocenters. The van der Waals surface area contributed by atoms with Crippen molar-refractivity contribution in [3.8, 4) is 0 Å². The first-order chi connectivity index (χ1) is 23.4. The molecule has 0 bridgehead atoms. The molecule has 0 aliphatic rings.